The molecule has 0 saturated carbocycles. The molecule has 2 fully saturated rings. The van der Waals surface area contributed by atoms with Crippen LogP contribution < -0.4 is 16.0 Å². The largest absolute Gasteiger partial charge is 0.370 e. The molecule has 0 bridgehead atoms. The van der Waals surface area contributed by atoms with Crippen molar-refractivity contribution in [1.29, 1.82) is 0 Å². The van der Waals surface area contributed by atoms with Crippen LogP contribution in [0, 0.1) is 0 Å². The van der Waals surface area contributed by atoms with E-state index in [0.717, 1.165) is 12.5 Å². The van der Waals surface area contributed by atoms with Crippen LogP contribution in [0.5, 0.6) is 0 Å². The summed E-state index contributed by atoms with van der Waals surface area (Å²) < 4.78 is 0. The third-order valence-corrected chi connectivity index (χ3v) is 7.47. The molecule has 0 aromatic heterocycles. The second-order valence-corrected chi connectivity index (χ2v) is 9.85. The summed E-state index contributed by atoms with van der Waals surface area (Å²) in [4.78, 5) is 8.16. The third kappa shape index (κ3) is 5.32. The van der Waals surface area contributed by atoms with Gasteiger partial charge >= 0.3 is 0 Å². The van der Waals surface area contributed by atoms with Gasteiger partial charge in [0.1, 0.15) is 6.17 Å². The lowest BCUT2D eigenvalue weighted by Gasteiger charge is -2.40. The lowest BCUT2D eigenvalue weighted by Crippen LogP contribution is -2.52. The molecule has 4 heterocycles. The highest BCUT2D eigenvalue weighted by Crippen LogP contribution is 2.23. The number of allylic oxidation sites excluding steroid dienone is 2. The van der Waals surface area contributed by atoms with E-state index >= 15 is 0 Å². The lowest BCUT2D eigenvalue weighted by molar-refractivity contribution is 0.0908. The lowest BCUT2D eigenvalue weighted by atomic mass is 10.0. The van der Waals surface area contributed by atoms with Crippen molar-refractivity contribution in [3.05, 3.63) is 23.7 Å². The van der Waals surface area contributed by atoms with Gasteiger partial charge in [0.05, 0.1) is 11.9 Å². The molecule has 30 heavy (non-hydrogen) atoms. The van der Waals surface area contributed by atoms with Gasteiger partial charge in [0, 0.05) is 43.6 Å². The van der Waals surface area contributed by atoms with E-state index in [0.29, 0.717) is 12.2 Å². The molecule has 6 nitrogen and oxygen atoms in total. The highest BCUT2D eigenvalue weighted by molar-refractivity contribution is 5.20. The summed E-state index contributed by atoms with van der Waals surface area (Å²) >= 11 is 0. The second-order valence-electron chi connectivity index (χ2n) is 9.85. The smallest absolute Gasteiger partial charge is 0.137 e. The van der Waals surface area contributed by atoms with Gasteiger partial charge in [-0.2, -0.15) is 0 Å². The van der Waals surface area contributed by atoms with Gasteiger partial charge in [-0.3, -0.25) is 9.80 Å². The van der Waals surface area contributed by atoms with Crippen LogP contribution >= 0.6 is 0 Å². The van der Waals surface area contributed by atoms with E-state index in [9.17, 15) is 0 Å². The monoisotopic (exact) mass is 416 g/mol. The Hall–Kier alpha value is -1.24. The van der Waals surface area contributed by atoms with Crippen molar-refractivity contribution < 1.29 is 0 Å². The van der Waals surface area contributed by atoms with E-state index in [1.165, 1.54) is 89.2 Å². The predicted molar refractivity (Wildman–Crippen MR) is 125 cm³/mol. The van der Waals surface area contributed by atoms with E-state index < -0.39 is 0 Å². The fourth-order valence-electron chi connectivity index (χ4n) is 5.63. The fourth-order valence-corrected chi connectivity index (χ4v) is 5.63. The molecule has 0 radical (unpaired) electrons. The van der Waals surface area contributed by atoms with Crippen molar-refractivity contribution >= 4 is 0 Å². The number of nitrogens with one attached hydrogen (secondary N) is 3. The average molecular weight is 417 g/mol. The van der Waals surface area contributed by atoms with Crippen molar-refractivity contribution in [1.82, 2.24) is 30.7 Å². The van der Waals surface area contributed by atoms with Crippen molar-refractivity contribution in [3.8, 4) is 0 Å². The highest BCUT2D eigenvalue weighted by Gasteiger charge is 2.31. The minimum absolute atomic E-state index is 0.226. The molecule has 170 valence electrons. The van der Waals surface area contributed by atoms with Gasteiger partial charge in [-0.05, 0) is 72.0 Å². The highest BCUT2D eigenvalue weighted by atomic mass is 15.3. The minimum atomic E-state index is 0.226. The Morgan fingerprint density at radius 1 is 0.967 bits per heavy atom. The first-order chi connectivity index (χ1) is 14.6. The number of hydrogen-bond acceptors (Lipinski definition) is 6. The average Bonchev–Trinajstić information content (AvgIpc) is 3.09. The molecule has 2 unspecified atom stereocenters. The summed E-state index contributed by atoms with van der Waals surface area (Å²) in [5.74, 6) is 0. The van der Waals surface area contributed by atoms with E-state index in [1.807, 2.05) is 0 Å². The van der Waals surface area contributed by atoms with Crippen LogP contribution in [0.4, 0.5) is 0 Å². The van der Waals surface area contributed by atoms with Gasteiger partial charge in [-0.15, -0.1) is 0 Å². The first kappa shape index (κ1) is 22.0. The molecule has 0 aliphatic carbocycles. The second kappa shape index (κ2) is 10.4. The maximum absolute atomic E-state index is 3.87. The summed E-state index contributed by atoms with van der Waals surface area (Å²) in [5, 5.41) is 11.0. The van der Waals surface area contributed by atoms with Crippen molar-refractivity contribution in [2.24, 2.45) is 0 Å². The Labute approximate surface area is 184 Å². The van der Waals surface area contributed by atoms with Crippen LogP contribution in [0.3, 0.4) is 0 Å². The van der Waals surface area contributed by atoms with Crippen LogP contribution in [-0.4, -0.2) is 78.4 Å². The van der Waals surface area contributed by atoms with Gasteiger partial charge in [0.15, 0.2) is 0 Å². The number of rotatable bonds is 6. The molecule has 0 aromatic rings. The normalized spacial score (nSPS) is 30.3. The number of hydrogen-bond donors (Lipinski definition) is 3. The molecule has 0 aromatic carbocycles. The quantitative estimate of drug-likeness (QED) is 0.619. The third-order valence-electron chi connectivity index (χ3n) is 7.47. The Bertz CT molecular complexity index is 607. The maximum Gasteiger partial charge on any atom is 0.137 e. The molecule has 6 heteroatoms. The molecule has 4 rings (SSSR count). The van der Waals surface area contributed by atoms with E-state index in [4.69, 9.17) is 0 Å². The minimum Gasteiger partial charge on any atom is -0.370 e. The SMILES string of the molecule is CCCC1=CNC(C2=CCCC(N3CCCN(C4CCN(C(C)C)CC4)CC3)N2)N1. The summed E-state index contributed by atoms with van der Waals surface area (Å²) in [6.45, 7) is 14.4. The first-order valence-corrected chi connectivity index (χ1v) is 12.5. The van der Waals surface area contributed by atoms with Crippen LogP contribution in [0.15, 0.2) is 23.7 Å². The molecular formula is C24H44N6. The van der Waals surface area contributed by atoms with Gasteiger partial charge in [0.25, 0.3) is 0 Å². The predicted octanol–water partition coefficient (Wildman–Crippen LogP) is 2.62. The maximum atomic E-state index is 3.87. The molecule has 4 aliphatic heterocycles. The first-order valence-electron chi connectivity index (χ1n) is 12.5. The summed E-state index contributed by atoms with van der Waals surface area (Å²) in [6, 6.07) is 1.49. The Balaban J connectivity index is 1.25. The van der Waals surface area contributed by atoms with E-state index in [-0.39, 0.29) is 6.17 Å². The Kier molecular flexibility index (Phi) is 7.60. The van der Waals surface area contributed by atoms with Crippen molar-refractivity contribution in [2.75, 3.05) is 39.3 Å². The van der Waals surface area contributed by atoms with Crippen molar-refractivity contribution in [3.63, 3.8) is 0 Å². The van der Waals surface area contributed by atoms with Gasteiger partial charge in [0.2, 0.25) is 0 Å². The van der Waals surface area contributed by atoms with Crippen LogP contribution in [0.25, 0.3) is 0 Å². The Morgan fingerprint density at radius 3 is 2.50 bits per heavy atom. The molecule has 0 spiro atoms. The number of piperidine rings is 1. The molecule has 3 N–H and O–H groups in total. The molecule has 4 aliphatic rings. The van der Waals surface area contributed by atoms with Crippen LogP contribution in [0.1, 0.15) is 65.7 Å². The topological polar surface area (TPSA) is 45.8 Å². The number of nitrogens with zero attached hydrogens (tertiary/aromatic N) is 3. The zero-order valence-corrected chi connectivity index (χ0v) is 19.5. The van der Waals surface area contributed by atoms with E-state index in [2.05, 4.69) is 63.7 Å². The fraction of sp³-hybridized carbons (Fsp3) is 0.833. The number of likely N-dealkylation sites (tertiary alicyclic amines) is 1. The van der Waals surface area contributed by atoms with Crippen LogP contribution in [0.2, 0.25) is 0 Å². The van der Waals surface area contributed by atoms with Crippen molar-refractivity contribution in [2.45, 2.75) is 90.1 Å². The van der Waals surface area contributed by atoms with Gasteiger partial charge in [-0.1, -0.05) is 19.4 Å². The summed E-state index contributed by atoms with van der Waals surface area (Å²) in [5.41, 5.74) is 2.66. The van der Waals surface area contributed by atoms with Crippen LogP contribution in [-0.2, 0) is 0 Å². The van der Waals surface area contributed by atoms with Gasteiger partial charge < -0.3 is 20.9 Å². The van der Waals surface area contributed by atoms with E-state index in [1.54, 1.807) is 0 Å². The summed E-state index contributed by atoms with van der Waals surface area (Å²) in [6.07, 6.45) is 13.9. The zero-order chi connectivity index (χ0) is 20.9. The standard InChI is InChI=1S/C24H44N6/c1-4-7-20-18-25-24(26-20)22-8-5-9-23(27-22)30-13-6-12-29(16-17-30)21-10-14-28(15-11-21)19(2)3/h8,18-19,21,23-27H,4-7,9-17H2,1-3H3. The molecule has 2 atom stereocenters. The van der Waals surface area contributed by atoms with Gasteiger partial charge in [-0.25, -0.2) is 0 Å². The zero-order valence-electron chi connectivity index (χ0n) is 19.5. The molecular weight excluding hydrogens is 372 g/mol. The Morgan fingerprint density at radius 2 is 1.73 bits per heavy atom. The molecule has 2 saturated heterocycles. The molecule has 0 amide bonds. The summed E-state index contributed by atoms with van der Waals surface area (Å²) in [7, 11) is 0.